The number of sulfonamides is 1. The maximum atomic E-state index is 12.3. The van der Waals surface area contributed by atoms with Crippen molar-refractivity contribution in [3.63, 3.8) is 0 Å². The predicted molar refractivity (Wildman–Crippen MR) is 75.8 cm³/mol. The number of carbonyl (C=O) groups excluding carboxylic acids is 1. The first-order chi connectivity index (χ1) is 9.16. The number of ether oxygens (including phenoxy) is 1. The normalized spacial score (nSPS) is 11.3. The third kappa shape index (κ3) is 3.61. The van der Waals surface area contributed by atoms with E-state index < -0.39 is 16.1 Å². The zero-order chi connectivity index (χ0) is 15.5. The smallest absolute Gasteiger partial charge is 0.404 e. The van der Waals surface area contributed by atoms with Gasteiger partial charge >= 0.3 is 6.09 Å². The molecule has 1 rings (SSSR count). The maximum Gasteiger partial charge on any atom is 0.404 e. The van der Waals surface area contributed by atoms with Gasteiger partial charge in [-0.05, 0) is 43.5 Å². The van der Waals surface area contributed by atoms with E-state index >= 15 is 0 Å². The van der Waals surface area contributed by atoms with Crippen LogP contribution < -0.4 is 16.2 Å². The van der Waals surface area contributed by atoms with Crippen molar-refractivity contribution >= 4 is 21.8 Å². The molecule has 0 fully saturated rings. The summed E-state index contributed by atoms with van der Waals surface area (Å²) in [4.78, 5) is 10.6. The molecule has 0 spiro atoms. The van der Waals surface area contributed by atoms with Gasteiger partial charge in [0, 0.05) is 12.2 Å². The van der Waals surface area contributed by atoms with Gasteiger partial charge in [0.1, 0.15) is 6.61 Å². The lowest BCUT2D eigenvalue weighted by Gasteiger charge is -2.15. The number of nitrogens with two attached hydrogens (primary N) is 2. The van der Waals surface area contributed by atoms with Gasteiger partial charge in [-0.15, -0.1) is 0 Å². The van der Waals surface area contributed by atoms with E-state index in [-0.39, 0.29) is 18.0 Å². The van der Waals surface area contributed by atoms with E-state index in [1.165, 1.54) is 0 Å². The maximum absolute atomic E-state index is 12.3. The van der Waals surface area contributed by atoms with E-state index in [9.17, 15) is 13.2 Å². The van der Waals surface area contributed by atoms with Crippen LogP contribution in [0.15, 0.2) is 11.0 Å². The van der Waals surface area contributed by atoms with Gasteiger partial charge in [-0.3, -0.25) is 0 Å². The second-order valence-electron chi connectivity index (χ2n) is 4.43. The van der Waals surface area contributed by atoms with Crippen LogP contribution in [-0.4, -0.2) is 27.7 Å². The van der Waals surface area contributed by atoms with Gasteiger partial charge in [0.2, 0.25) is 10.0 Å². The third-order valence-electron chi connectivity index (χ3n) is 2.98. The monoisotopic (exact) mass is 301 g/mol. The highest BCUT2D eigenvalue weighted by Crippen LogP contribution is 2.27. The minimum Gasteiger partial charge on any atom is -0.448 e. The van der Waals surface area contributed by atoms with E-state index in [2.05, 4.69) is 9.46 Å². The van der Waals surface area contributed by atoms with Crippen molar-refractivity contribution in [1.82, 2.24) is 4.72 Å². The number of anilines is 1. The van der Waals surface area contributed by atoms with Gasteiger partial charge in [0.05, 0.1) is 4.90 Å². The van der Waals surface area contributed by atoms with Gasteiger partial charge in [-0.1, -0.05) is 0 Å². The minimum atomic E-state index is -3.73. The molecule has 112 valence electrons. The second-order valence-corrected chi connectivity index (χ2v) is 6.13. The van der Waals surface area contributed by atoms with E-state index in [0.29, 0.717) is 16.8 Å². The van der Waals surface area contributed by atoms with Crippen LogP contribution in [0, 0.1) is 20.8 Å². The van der Waals surface area contributed by atoms with Gasteiger partial charge in [-0.25, -0.2) is 17.9 Å². The molecule has 0 atom stereocenters. The van der Waals surface area contributed by atoms with Gasteiger partial charge in [0.15, 0.2) is 0 Å². The molecule has 0 aliphatic carbocycles. The van der Waals surface area contributed by atoms with Crippen molar-refractivity contribution in [2.45, 2.75) is 25.7 Å². The van der Waals surface area contributed by atoms with Crippen LogP contribution in [0.4, 0.5) is 10.5 Å². The number of carbonyl (C=O) groups is 1. The van der Waals surface area contributed by atoms with E-state index in [4.69, 9.17) is 11.5 Å². The fourth-order valence-corrected chi connectivity index (χ4v) is 3.43. The molecule has 0 saturated heterocycles. The molecule has 0 radical (unpaired) electrons. The molecule has 1 aromatic rings. The van der Waals surface area contributed by atoms with Crippen molar-refractivity contribution in [3.05, 3.63) is 22.8 Å². The lowest BCUT2D eigenvalue weighted by atomic mass is 10.1. The minimum absolute atomic E-state index is 0.0575. The number of amides is 1. The SMILES string of the molecule is Cc1cc(N)c(C)c(S(=O)(=O)NCCOC(N)=O)c1C. The molecule has 0 aliphatic heterocycles. The second kappa shape index (κ2) is 6.10. The summed E-state index contributed by atoms with van der Waals surface area (Å²) >= 11 is 0. The Morgan fingerprint density at radius 3 is 2.45 bits per heavy atom. The fourth-order valence-electron chi connectivity index (χ4n) is 1.84. The number of aryl methyl sites for hydroxylation is 1. The summed E-state index contributed by atoms with van der Waals surface area (Å²) in [6.45, 7) is 4.97. The Labute approximate surface area is 118 Å². The molecule has 0 aromatic heterocycles. The number of rotatable bonds is 5. The lowest BCUT2D eigenvalue weighted by molar-refractivity contribution is 0.159. The standard InChI is InChI=1S/C12H19N3O4S/c1-7-6-10(13)9(3)11(8(7)2)20(17,18)15-4-5-19-12(14)16/h6,15H,4-5,13H2,1-3H3,(H2,14,16). The predicted octanol–water partition coefficient (Wildman–Crippen LogP) is 0.568. The molecule has 0 aliphatic rings. The Hall–Kier alpha value is -1.80. The summed E-state index contributed by atoms with van der Waals surface area (Å²) in [5, 5.41) is 0. The molecule has 0 unspecified atom stereocenters. The Bertz CT molecular complexity index is 600. The Balaban J connectivity index is 3.01. The summed E-state index contributed by atoms with van der Waals surface area (Å²) in [6.07, 6.45) is -0.948. The summed E-state index contributed by atoms with van der Waals surface area (Å²) < 4.78 is 31.4. The zero-order valence-corrected chi connectivity index (χ0v) is 12.5. The van der Waals surface area contributed by atoms with Crippen LogP contribution in [0.5, 0.6) is 0 Å². The first-order valence-electron chi connectivity index (χ1n) is 5.95. The first kappa shape index (κ1) is 16.3. The van der Waals surface area contributed by atoms with Crippen molar-refractivity contribution in [2.75, 3.05) is 18.9 Å². The van der Waals surface area contributed by atoms with E-state index in [1.54, 1.807) is 26.8 Å². The summed E-state index contributed by atoms with van der Waals surface area (Å²) in [7, 11) is -3.73. The highest BCUT2D eigenvalue weighted by Gasteiger charge is 2.21. The number of hydrogen-bond donors (Lipinski definition) is 3. The Morgan fingerprint density at radius 1 is 1.30 bits per heavy atom. The van der Waals surface area contributed by atoms with Crippen LogP contribution in [0.25, 0.3) is 0 Å². The molecule has 0 saturated carbocycles. The largest absolute Gasteiger partial charge is 0.448 e. The van der Waals surface area contributed by atoms with Gasteiger partial charge in [0.25, 0.3) is 0 Å². The molecule has 1 aromatic carbocycles. The molecule has 5 N–H and O–H groups in total. The molecule has 0 bridgehead atoms. The molecular formula is C12H19N3O4S. The first-order valence-corrected chi connectivity index (χ1v) is 7.43. The topological polar surface area (TPSA) is 125 Å². The summed E-state index contributed by atoms with van der Waals surface area (Å²) in [6, 6.07) is 1.74. The number of hydrogen-bond acceptors (Lipinski definition) is 5. The number of nitrogens with one attached hydrogen (secondary N) is 1. The highest BCUT2D eigenvalue weighted by molar-refractivity contribution is 7.89. The Kier molecular flexibility index (Phi) is 4.96. The summed E-state index contributed by atoms with van der Waals surface area (Å²) in [5.41, 5.74) is 12.9. The fraction of sp³-hybridized carbons (Fsp3) is 0.417. The summed E-state index contributed by atoms with van der Waals surface area (Å²) in [5.74, 6) is 0. The number of primary amides is 1. The molecule has 8 heteroatoms. The Morgan fingerprint density at radius 2 is 1.90 bits per heavy atom. The average molecular weight is 301 g/mol. The van der Waals surface area contributed by atoms with Crippen LogP contribution in [0.2, 0.25) is 0 Å². The van der Waals surface area contributed by atoms with Crippen LogP contribution in [0.1, 0.15) is 16.7 Å². The third-order valence-corrected chi connectivity index (χ3v) is 4.72. The van der Waals surface area contributed by atoms with E-state index in [0.717, 1.165) is 5.56 Å². The van der Waals surface area contributed by atoms with Crippen LogP contribution in [0.3, 0.4) is 0 Å². The van der Waals surface area contributed by atoms with Gasteiger partial charge < -0.3 is 16.2 Å². The van der Waals surface area contributed by atoms with Crippen molar-refractivity contribution in [1.29, 1.82) is 0 Å². The average Bonchev–Trinajstić information content (AvgIpc) is 2.32. The number of nitrogen functional groups attached to an aromatic ring is 1. The molecule has 20 heavy (non-hydrogen) atoms. The van der Waals surface area contributed by atoms with Crippen LogP contribution in [-0.2, 0) is 14.8 Å². The van der Waals surface area contributed by atoms with E-state index in [1.807, 2.05) is 0 Å². The number of benzene rings is 1. The van der Waals surface area contributed by atoms with Crippen molar-refractivity contribution in [2.24, 2.45) is 5.73 Å². The van der Waals surface area contributed by atoms with Crippen LogP contribution >= 0.6 is 0 Å². The quantitative estimate of drug-likeness (QED) is 0.541. The molecule has 1 amide bonds. The molecule has 0 heterocycles. The lowest BCUT2D eigenvalue weighted by Crippen LogP contribution is -2.30. The zero-order valence-electron chi connectivity index (χ0n) is 11.7. The van der Waals surface area contributed by atoms with Gasteiger partial charge in [-0.2, -0.15) is 0 Å². The molecular weight excluding hydrogens is 282 g/mol. The van der Waals surface area contributed by atoms with Crippen molar-refractivity contribution < 1.29 is 17.9 Å². The highest BCUT2D eigenvalue weighted by atomic mass is 32.2. The van der Waals surface area contributed by atoms with Crippen molar-refractivity contribution in [3.8, 4) is 0 Å². The molecule has 7 nitrogen and oxygen atoms in total.